The van der Waals surface area contributed by atoms with Crippen LogP contribution >= 0.6 is 0 Å². The van der Waals surface area contributed by atoms with E-state index in [0.717, 1.165) is 24.9 Å². The number of fused-ring (bicyclic) bond motifs is 1. The lowest BCUT2D eigenvalue weighted by atomic mass is 10.0. The van der Waals surface area contributed by atoms with Crippen molar-refractivity contribution in [2.24, 2.45) is 5.92 Å². The Morgan fingerprint density at radius 2 is 1.78 bits per heavy atom. The van der Waals surface area contributed by atoms with Gasteiger partial charge in [0.1, 0.15) is 5.82 Å². The number of rotatable bonds is 5. The van der Waals surface area contributed by atoms with E-state index in [4.69, 9.17) is 4.98 Å². The smallest absolute Gasteiger partial charge is 0.112 e. The molecule has 0 atom stereocenters. The van der Waals surface area contributed by atoms with Gasteiger partial charge in [-0.3, -0.25) is 0 Å². The summed E-state index contributed by atoms with van der Waals surface area (Å²) in [5.41, 5.74) is 2.42. The minimum absolute atomic E-state index is 0.580. The van der Waals surface area contributed by atoms with Crippen LogP contribution in [0.5, 0.6) is 0 Å². The highest BCUT2D eigenvalue weighted by Crippen LogP contribution is 2.27. The summed E-state index contributed by atoms with van der Waals surface area (Å²) in [6, 6.07) is 8.50. The van der Waals surface area contributed by atoms with E-state index < -0.39 is 0 Å². The second-order valence-electron chi connectivity index (χ2n) is 5.48. The summed E-state index contributed by atoms with van der Waals surface area (Å²) in [7, 11) is 0. The fourth-order valence-corrected chi connectivity index (χ4v) is 2.62. The minimum Gasteiger partial charge on any atom is -0.327 e. The molecule has 2 rings (SSSR count). The molecule has 0 radical (unpaired) electrons. The lowest BCUT2D eigenvalue weighted by Gasteiger charge is -2.17. The van der Waals surface area contributed by atoms with Crippen LogP contribution in [0.1, 0.15) is 52.3 Å². The molecule has 0 aliphatic heterocycles. The third kappa shape index (κ3) is 2.43. The van der Waals surface area contributed by atoms with E-state index in [1.807, 2.05) is 0 Å². The molecule has 0 aliphatic carbocycles. The number of aromatic nitrogens is 2. The second kappa shape index (κ2) is 5.55. The topological polar surface area (TPSA) is 17.8 Å². The molecule has 2 aromatic rings. The summed E-state index contributed by atoms with van der Waals surface area (Å²) in [6.45, 7) is 10.1. The van der Waals surface area contributed by atoms with Crippen LogP contribution in [-0.4, -0.2) is 9.55 Å². The van der Waals surface area contributed by atoms with Gasteiger partial charge in [-0.2, -0.15) is 0 Å². The molecule has 0 amide bonds. The predicted molar refractivity (Wildman–Crippen MR) is 77.9 cm³/mol. The van der Waals surface area contributed by atoms with E-state index >= 15 is 0 Å². The van der Waals surface area contributed by atoms with Crippen molar-refractivity contribution < 1.29 is 0 Å². The molecule has 0 saturated heterocycles. The average Bonchev–Trinajstić information content (AvgIpc) is 2.70. The Hall–Kier alpha value is -1.31. The van der Waals surface area contributed by atoms with Gasteiger partial charge in [0, 0.05) is 12.5 Å². The zero-order chi connectivity index (χ0) is 13.1. The Morgan fingerprint density at radius 3 is 2.39 bits per heavy atom. The molecule has 0 fully saturated rings. The van der Waals surface area contributed by atoms with E-state index in [1.165, 1.54) is 11.3 Å². The van der Waals surface area contributed by atoms with Crippen LogP contribution in [0, 0.1) is 5.92 Å². The van der Waals surface area contributed by atoms with Gasteiger partial charge in [0.25, 0.3) is 0 Å². The summed E-state index contributed by atoms with van der Waals surface area (Å²) in [6.07, 6.45) is 2.33. The lowest BCUT2D eigenvalue weighted by molar-refractivity contribution is 0.486. The van der Waals surface area contributed by atoms with E-state index in [2.05, 4.69) is 56.5 Å². The van der Waals surface area contributed by atoms with E-state index in [-0.39, 0.29) is 0 Å². The molecule has 1 heterocycles. The molecule has 0 N–H and O–H groups in total. The monoisotopic (exact) mass is 244 g/mol. The summed E-state index contributed by atoms with van der Waals surface area (Å²) >= 11 is 0. The first kappa shape index (κ1) is 13.1. The second-order valence-corrected chi connectivity index (χ2v) is 5.48. The number of nitrogens with zero attached hydrogens (tertiary/aromatic N) is 2. The van der Waals surface area contributed by atoms with Crippen molar-refractivity contribution in [3.63, 3.8) is 0 Å². The Labute approximate surface area is 110 Å². The molecule has 0 saturated carbocycles. The lowest BCUT2D eigenvalue weighted by Crippen LogP contribution is -2.11. The fraction of sp³-hybridized carbons (Fsp3) is 0.562. The minimum atomic E-state index is 0.580. The van der Waals surface area contributed by atoms with E-state index in [1.54, 1.807) is 0 Å². The van der Waals surface area contributed by atoms with Crippen LogP contribution in [-0.2, 0) is 6.54 Å². The number of imidazole rings is 1. The summed E-state index contributed by atoms with van der Waals surface area (Å²) in [5.74, 6) is 2.50. The van der Waals surface area contributed by atoms with Gasteiger partial charge in [-0.1, -0.05) is 39.8 Å². The van der Waals surface area contributed by atoms with Crippen LogP contribution < -0.4 is 0 Å². The Kier molecular flexibility index (Phi) is 4.05. The Balaban J connectivity index is 2.56. The Bertz CT molecular complexity index is 507. The van der Waals surface area contributed by atoms with Crippen molar-refractivity contribution in [2.75, 3.05) is 0 Å². The largest absolute Gasteiger partial charge is 0.327 e. The fourth-order valence-electron chi connectivity index (χ4n) is 2.62. The molecule has 18 heavy (non-hydrogen) atoms. The van der Waals surface area contributed by atoms with Gasteiger partial charge in [0.2, 0.25) is 0 Å². The molecule has 0 spiro atoms. The van der Waals surface area contributed by atoms with Gasteiger partial charge in [-0.25, -0.2) is 4.98 Å². The quantitative estimate of drug-likeness (QED) is 0.752. The number of para-hydroxylation sites is 2. The molecule has 0 aliphatic rings. The highest BCUT2D eigenvalue weighted by molar-refractivity contribution is 5.76. The molecule has 98 valence electrons. The standard InChI is InChI=1S/C16H24N2/c1-5-13(6-2)16-17-14-9-7-8-10-15(14)18(16)11-12(3)4/h7-10,12-13H,5-6,11H2,1-4H3. The maximum atomic E-state index is 4.87. The molecule has 2 nitrogen and oxygen atoms in total. The third-order valence-corrected chi connectivity index (χ3v) is 3.58. The SMILES string of the molecule is CCC(CC)c1nc2ccccc2n1CC(C)C. The zero-order valence-corrected chi connectivity index (χ0v) is 12.0. The van der Waals surface area contributed by atoms with Crippen LogP contribution in [0.15, 0.2) is 24.3 Å². The first-order valence-corrected chi connectivity index (χ1v) is 7.12. The average molecular weight is 244 g/mol. The van der Waals surface area contributed by atoms with E-state index in [0.29, 0.717) is 11.8 Å². The van der Waals surface area contributed by atoms with Gasteiger partial charge >= 0.3 is 0 Å². The van der Waals surface area contributed by atoms with Gasteiger partial charge in [-0.15, -0.1) is 0 Å². The number of hydrogen-bond acceptors (Lipinski definition) is 1. The molecular weight excluding hydrogens is 220 g/mol. The van der Waals surface area contributed by atoms with Crippen LogP contribution in [0.2, 0.25) is 0 Å². The Morgan fingerprint density at radius 1 is 1.11 bits per heavy atom. The first-order chi connectivity index (χ1) is 8.67. The first-order valence-electron chi connectivity index (χ1n) is 7.12. The maximum Gasteiger partial charge on any atom is 0.112 e. The normalized spacial score (nSPS) is 11.9. The van der Waals surface area contributed by atoms with Gasteiger partial charge < -0.3 is 4.57 Å². The van der Waals surface area contributed by atoms with Crippen LogP contribution in [0.4, 0.5) is 0 Å². The van der Waals surface area contributed by atoms with Crippen molar-refractivity contribution in [1.82, 2.24) is 9.55 Å². The summed E-state index contributed by atoms with van der Waals surface area (Å²) < 4.78 is 2.43. The van der Waals surface area contributed by atoms with Gasteiger partial charge in [0.05, 0.1) is 11.0 Å². The van der Waals surface area contributed by atoms with Crippen LogP contribution in [0.3, 0.4) is 0 Å². The molecule has 2 heteroatoms. The molecular formula is C16H24N2. The van der Waals surface area contributed by atoms with Gasteiger partial charge in [0.15, 0.2) is 0 Å². The highest BCUT2D eigenvalue weighted by atomic mass is 15.1. The number of benzene rings is 1. The molecule has 1 aromatic carbocycles. The number of hydrogen-bond donors (Lipinski definition) is 0. The summed E-state index contributed by atoms with van der Waals surface area (Å²) in [4.78, 5) is 4.87. The maximum absolute atomic E-state index is 4.87. The highest BCUT2D eigenvalue weighted by Gasteiger charge is 2.17. The van der Waals surface area contributed by atoms with Crippen molar-refractivity contribution in [2.45, 2.75) is 53.0 Å². The van der Waals surface area contributed by atoms with E-state index in [9.17, 15) is 0 Å². The molecule has 1 aromatic heterocycles. The molecule has 0 unspecified atom stereocenters. The van der Waals surface area contributed by atoms with Crippen molar-refractivity contribution in [3.05, 3.63) is 30.1 Å². The van der Waals surface area contributed by atoms with Gasteiger partial charge in [-0.05, 0) is 30.9 Å². The van der Waals surface area contributed by atoms with Crippen LogP contribution in [0.25, 0.3) is 11.0 Å². The predicted octanol–water partition coefficient (Wildman–Crippen LogP) is 4.60. The zero-order valence-electron chi connectivity index (χ0n) is 12.0. The third-order valence-electron chi connectivity index (χ3n) is 3.58. The van der Waals surface area contributed by atoms with Crippen molar-refractivity contribution >= 4 is 11.0 Å². The molecule has 0 bridgehead atoms. The van der Waals surface area contributed by atoms with Crippen molar-refractivity contribution in [1.29, 1.82) is 0 Å². The summed E-state index contributed by atoms with van der Waals surface area (Å²) in [5, 5.41) is 0. The van der Waals surface area contributed by atoms with Crippen molar-refractivity contribution in [3.8, 4) is 0 Å².